The molecule has 0 bridgehead atoms. The van der Waals surface area contributed by atoms with Crippen molar-refractivity contribution in [1.82, 2.24) is 0 Å². The van der Waals surface area contributed by atoms with E-state index < -0.39 is 22.9 Å². The Kier molecular flexibility index (Phi) is 6.42. The van der Waals surface area contributed by atoms with Crippen molar-refractivity contribution in [3.8, 4) is 0 Å². The topological polar surface area (TPSA) is 89.4 Å². The highest BCUT2D eigenvalue weighted by Gasteiger charge is 2.22. The first-order chi connectivity index (χ1) is 9.99. The lowest BCUT2D eigenvalue weighted by molar-refractivity contribution is -0.385. The zero-order valence-electron chi connectivity index (χ0n) is 11.6. The number of hydrogen-bond acceptors (Lipinski definition) is 4. The summed E-state index contributed by atoms with van der Waals surface area (Å²) in [5, 5.41) is 20.8. The quantitative estimate of drug-likeness (QED) is 0.653. The normalized spacial score (nSPS) is 13.0. The third-order valence-electron chi connectivity index (χ3n) is 3.25. The molecule has 0 aliphatic heterocycles. The Bertz CT molecular complexity index is 640. The van der Waals surface area contributed by atoms with Crippen molar-refractivity contribution in [2.24, 2.45) is 5.73 Å². The van der Waals surface area contributed by atoms with Gasteiger partial charge in [0.15, 0.2) is 0 Å². The van der Waals surface area contributed by atoms with Gasteiger partial charge in [0, 0.05) is 24.1 Å². The van der Waals surface area contributed by atoms with Gasteiger partial charge >= 0.3 is 0 Å². The average molecular weight is 327 g/mol. The third-order valence-corrected chi connectivity index (χ3v) is 3.25. The standard InChI is InChI=1S/C15H15FN2O3.ClH/c16-13-7-6-11(18(20)21)9-12(13)15(17)14(19)8-10-4-2-1-3-5-10;/h1-7,9,14-15,19H,8,17H2;1H/t14-,15+;/m1./s1. The van der Waals surface area contributed by atoms with Gasteiger partial charge in [0.05, 0.1) is 17.1 Å². The van der Waals surface area contributed by atoms with Gasteiger partial charge in [0.25, 0.3) is 5.69 Å². The fraction of sp³-hybridized carbons (Fsp3) is 0.200. The number of aliphatic hydroxyl groups is 1. The van der Waals surface area contributed by atoms with Crippen molar-refractivity contribution < 1.29 is 14.4 Å². The van der Waals surface area contributed by atoms with E-state index >= 15 is 0 Å². The number of non-ortho nitro benzene ring substituents is 1. The van der Waals surface area contributed by atoms with Gasteiger partial charge in [-0.3, -0.25) is 10.1 Å². The van der Waals surface area contributed by atoms with Crippen LogP contribution < -0.4 is 5.73 Å². The molecule has 0 aliphatic rings. The Labute approximate surface area is 133 Å². The summed E-state index contributed by atoms with van der Waals surface area (Å²) in [4.78, 5) is 10.1. The fourth-order valence-electron chi connectivity index (χ4n) is 2.09. The maximum absolute atomic E-state index is 13.8. The minimum Gasteiger partial charge on any atom is -0.391 e. The Morgan fingerprint density at radius 2 is 1.86 bits per heavy atom. The molecule has 2 aromatic carbocycles. The lowest BCUT2D eigenvalue weighted by atomic mass is 9.96. The van der Waals surface area contributed by atoms with Gasteiger partial charge in [-0.2, -0.15) is 0 Å². The summed E-state index contributed by atoms with van der Waals surface area (Å²) in [5.41, 5.74) is 6.38. The van der Waals surface area contributed by atoms with E-state index in [1.807, 2.05) is 30.3 Å². The molecule has 0 fully saturated rings. The highest BCUT2D eigenvalue weighted by atomic mass is 35.5. The van der Waals surface area contributed by atoms with E-state index in [1.54, 1.807) is 0 Å². The van der Waals surface area contributed by atoms with Crippen molar-refractivity contribution >= 4 is 18.1 Å². The predicted octanol–water partition coefficient (Wildman–Crippen LogP) is 2.76. The minimum atomic E-state index is -1.04. The van der Waals surface area contributed by atoms with E-state index in [2.05, 4.69) is 0 Å². The van der Waals surface area contributed by atoms with Crippen LogP contribution in [-0.4, -0.2) is 16.1 Å². The van der Waals surface area contributed by atoms with E-state index in [0.717, 1.165) is 23.8 Å². The van der Waals surface area contributed by atoms with Gasteiger partial charge in [0.1, 0.15) is 5.82 Å². The van der Waals surface area contributed by atoms with E-state index in [0.29, 0.717) is 0 Å². The van der Waals surface area contributed by atoms with Crippen LogP contribution in [0.25, 0.3) is 0 Å². The van der Waals surface area contributed by atoms with Gasteiger partial charge < -0.3 is 10.8 Å². The van der Waals surface area contributed by atoms with Crippen molar-refractivity contribution in [2.75, 3.05) is 0 Å². The molecule has 0 saturated heterocycles. The summed E-state index contributed by atoms with van der Waals surface area (Å²) in [7, 11) is 0. The number of rotatable bonds is 5. The summed E-state index contributed by atoms with van der Waals surface area (Å²) in [6, 6.07) is 11.2. The molecule has 118 valence electrons. The van der Waals surface area contributed by atoms with E-state index in [-0.39, 0.29) is 30.1 Å². The lowest BCUT2D eigenvalue weighted by Crippen LogP contribution is -2.29. The molecular formula is C15H16ClFN2O3. The molecule has 0 saturated carbocycles. The van der Waals surface area contributed by atoms with Crippen LogP contribution in [0.2, 0.25) is 0 Å². The number of benzene rings is 2. The summed E-state index contributed by atoms with van der Waals surface area (Å²) >= 11 is 0. The summed E-state index contributed by atoms with van der Waals surface area (Å²) in [6.45, 7) is 0. The molecule has 0 heterocycles. The zero-order chi connectivity index (χ0) is 15.4. The van der Waals surface area contributed by atoms with Gasteiger partial charge in [-0.15, -0.1) is 12.4 Å². The van der Waals surface area contributed by atoms with E-state index in [1.165, 1.54) is 0 Å². The molecule has 2 aromatic rings. The van der Waals surface area contributed by atoms with Crippen LogP contribution in [0.3, 0.4) is 0 Å². The Hall–Kier alpha value is -2.02. The number of nitro benzene ring substituents is 1. The molecule has 2 rings (SSSR count). The first-order valence-corrected chi connectivity index (χ1v) is 6.40. The van der Waals surface area contributed by atoms with Gasteiger partial charge in [-0.1, -0.05) is 30.3 Å². The number of halogens is 2. The summed E-state index contributed by atoms with van der Waals surface area (Å²) < 4.78 is 13.8. The fourth-order valence-corrected chi connectivity index (χ4v) is 2.09. The van der Waals surface area contributed by atoms with Gasteiger partial charge in [-0.05, 0) is 11.6 Å². The van der Waals surface area contributed by atoms with Gasteiger partial charge in [-0.25, -0.2) is 4.39 Å². The summed E-state index contributed by atoms with van der Waals surface area (Å²) in [5.74, 6) is -0.666. The summed E-state index contributed by atoms with van der Waals surface area (Å²) in [6.07, 6.45) is -0.798. The maximum atomic E-state index is 13.8. The molecule has 0 radical (unpaired) electrons. The molecule has 5 nitrogen and oxygen atoms in total. The number of nitrogens with zero attached hydrogens (tertiary/aromatic N) is 1. The van der Waals surface area contributed by atoms with Crippen molar-refractivity contribution in [3.63, 3.8) is 0 Å². The number of aliphatic hydroxyl groups excluding tert-OH is 1. The highest BCUT2D eigenvalue weighted by molar-refractivity contribution is 5.85. The number of hydrogen-bond donors (Lipinski definition) is 2. The molecule has 22 heavy (non-hydrogen) atoms. The SMILES string of the molecule is Cl.N[C@@H](c1cc([N+](=O)[O-])ccc1F)[C@H](O)Cc1ccccc1. The van der Waals surface area contributed by atoms with Gasteiger partial charge in [0.2, 0.25) is 0 Å². The molecule has 7 heteroatoms. The second-order valence-electron chi connectivity index (χ2n) is 4.75. The smallest absolute Gasteiger partial charge is 0.269 e. The second kappa shape index (κ2) is 7.84. The molecule has 0 amide bonds. The van der Waals surface area contributed by atoms with Crippen LogP contribution in [0.1, 0.15) is 17.2 Å². The van der Waals surface area contributed by atoms with Crippen molar-refractivity contribution in [3.05, 3.63) is 75.6 Å². The monoisotopic (exact) mass is 326 g/mol. The Morgan fingerprint density at radius 3 is 2.45 bits per heavy atom. The zero-order valence-corrected chi connectivity index (χ0v) is 12.4. The third kappa shape index (κ3) is 4.24. The molecule has 0 spiro atoms. The molecule has 2 atom stereocenters. The maximum Gasteiger partial charge on any atom is 0.269 e. The van der Waals surface area contributed by atoms with Crippen LogP contribution >= 0.6 is 12.4 Å². The Morgan fingerprint density at radius 1 is 1.23 bits per heavy atom. The minimum absolute atomic E-state index is 0. The van der Waals surface area contributed by atoms with Crippen LogP contribution in [0.5, 0.6) is 0 Å². The lowest BCUT2D eigenvalue weighted by Gasteiger charge is -2.19. The van der Waals surface area contributed by atoms with Crippen molar-refractivity contribution in [2.45, 2.75) is 18.6 Å². The molecule has 0 aliphatic carbocycles. The first kappa shape index (κ1) is 18.0. The van der Waals surface area contributed by atoms with Crippen molar-refractivity contribution in [1.29, 1.82) is 0 Å². The number of nitro groups is 1. The largest absolute Gasteiger partial charge is 0.391 e. The van der Waals surface area contributed by atoms with E-state index in [4.69, 9.17) is 5.73 Å². The average Bonchev–Trinajstić information content (AvgIpc) is 2.47. The molecule has 3 N–H and O–H groups in total. The van der Waals surface area contributed by atoms with Crippen LogP contribution in [0.15, 0.2) is 48.5 Å². The van der Waals surface area contributed by atoms with Crippen LogP contribution in [-0.2, 0) is 6.42 Å². The van der Waals surface area contributed by atoms with Crippen LogP contribution in [0, 0.1) is 15.9 Å². The highest BCUT2D eigenvalue weighted by Crippen LogP contribution is 2.24. The van der Waals surface area contributed by atoms with Crippen LogP contribution in [0.4, 0.5) is 10.1 Å². The number of nitrogens with two attached hydrogens (primary N) is 1. The molecule has 0 aromatic heterocycles. The molecular weight excluding hydrogens is 311 g/mol. The predicted molar refractivity (Wildman–Crippen MR) is 83.4 cm³/mol. The Balaban J connectivity index is 0.00000242. The first-order valence-electron chi connectivity index (χ1n) is 6.40. The molecule has 0 unspecified atom stereocenters. The van der Waals surface area contributed by atoms with E-state index in [9.17, 15) is 19.6 Å². The second-order valence-corrected chi connectivity index (χ2v) is 4.75.